The molecule has 0 amide bonds. The van der Waals surface area contributed by atoms with Gasteiger partial charge < -0.3 is 9.14 Å². The third kappa shape index (κ3) is 3.32. The molecule has 6 nitrogen and oxygen atoms in total. The van der Waals surface area contributed by atoms with Gasteiger partial charge >= 0.3 is 5.69 Å². The average Bonchev–Trinajstić information content (AvgIpc) is 3.02. The Morgan fingerprint density at radius 1 is 1.24 bits per heavy atom. The van der Waals surface area contributed by atoms with Crippen LogP contribution in [0.25, 0.3) is 11.3 Å². The number of aromatic amines is 1. The summed E-state index contributed by atoms with van der Waals surface area (Å²) in [6, 6.07) is 9.31. The molecular weight excluding hydrogens is 288 g/mol. The summed E-state index contributed by atoms with van der Waals surface area (Å²) in [5, 5.41) is 0. The summed E-state index contributed by atoms with van der Waals surface area (Å²) in [7, 11) is 0. The number of hydrogen-bond acceptors (Lipinski definition) is 6. The Balaban J connectivity index is 1.80. The van der Waals surface area contributed by atoms with Crippen LogP contribution in [0.3, 0.4) is 0 Å². The summed E-state index contributed by atoms with van der Waals surface area (Å²) >= 11 is 1.41. The first-order valence-electron chi connectivity index (χ1n) is 6.24. The number of hydrogen-bond donors (Lipinski definition) is 2. The van der Waals surface area contributed by atoms with Crippen molar-refractivity contribution in [3.63, 3.8) is 0 Å². The molecule has 0 unspecified atom stereocenters. The number of anilines is 1. The molecule has 0 fully saturated rings. The Kier molecular flexibility index (Phi) is 4.02. The molecule has 0 aliphatic rings. The van der Waals surface area contributed by atoms with Crippen molar-refractivity contribution >= 4 is 17.8 Å². The second-order valence-corrected chi connectivity index (χ2v) is 4.94. The Morgan fingerprint density at radius 2 is 2.19 bits per heavy atom. The number of pyridine rings is 1. The van der Waals surface area contributed by atoms with Crippen molar-refractivity contribution in [3.8, 4) is 11.3 Å². The van der Waals surface area contributed by atoms with Gasteiger partial charge in [-0.2, -0.15) is 0 Å². The van der Waals surface area contributed by atoms with Gasteiger partial charge in [0.05, 0.1) is 23.3 Å². The van der Waals surface area contributed by atoms with Crippen molar-refractivity contribution in [1.29, 1.82) is 0 Å². The fourth-order valence-electron chi connectivity index (χ4n) is 1.77. The van der Waals surface area contributed by atoms with Crippen LogP contribution in [-0.4, -0.2) is 15.0 Å². The van der Waals surface area contributed by atoms with Crippen molar-refractivity contribution in [3.05, 3.63) is 65.2 Å². The van der Waals surface area contributed by atoms with Crippen molar-refractivity contribution in [1.82, 2.24) is 15.0 Å². The third-order valence-electron chi connectivity index (χ3n) is 2.72. The number of rotatable bonds is 5. The Hall–Kier alpha value is -2.54. The van der Waals surface area contributed by atoms with E-state index in [1.54, 1.807) is 12.5 Å². The van der Waals surface area contributed by atoms with Crippen LogP contribution in [0.4, 0.5) is 5.82 Å². The molecule has 0 bridgehead atoms. The smallest absolute Gasteiger partial charge is 0.346 e. The van der Waals surface area contributed by atoms with Crippen molar-refractivity contribution in [2.45, 2.75) is 5.75 Å². The Morgan fingerprint density at radius 3 is 2.95 bits per heavy atom. The molecular formula is C14H12N4O2S. The molecule has 2 N–H and O–H groups in total. The van der Waals surface area contributed by atoms with Crippen LogP contribution in [-0.2, 0) is 5.75 Å². The summed E-state index contributed by atoms with van der Waals surface area (Å²) in [5.74, 6) is 2.06. The lowest BCUT2D eigenvalue weighted by atomic mass is 10.2. The SMILES string of the molecule is O=c1ncc(-c2ccccn2)c(NSCc2ccco2)[nH]1. The van der Waals surface area contributed by atoms with Gasteiger partial charge in [0.1, 0.15) is 11.6 Å². The highest BCUT2D eigenvalue weighted by Crippen LogP contribution is 2.25. The van der Waals surface area contributed by atoms with Crippen LogP contribution in [0.2, 0.25) is 0 Å². The van der Waals surface area contributed by atoms with Gasteiger partial charge in [-0.3, -0.25) is 9.97 Å². The minimum absolute atomic E-state index is 0.407. The van der Waals surface area contributed by atoms with Gasteiger partial charge in [-0.1, -0.05) is 6.07 Å². The maximum Gasteiger partial charge on any atom is 0.346 e. The first-order chi connectivity index (χ1) is 10.3. The zero-order valence-electron chi connectivity index (χ0n) is 10.9. The van der Waals surface area contributed by atoms with E-state index < -0.39 is 5.69 Å². The van der Waals surface area contributed by atoms with Gasteiger partial charge in [-0.15, -0.1) is 0 Å². The predicted octanol–water partition coefficient (Wildman–Crippen LogP) is 2.69. The van der Waals surface area contributed by atoms with E-state index in [2.05, 4.69) is 19.7 Å². The summed E-state index contributed by atoms with van der Waals surface area (Å²) in [4.78, 5) is 22.1. The highest BCUT2D eigenvalue weighted by molar-refractivity contribution is 7.99. The average molecular weight is 300 g/mol. The zero-order chi connectivity index (χ0) is 14.5. The summed E-state index contributed by atoms with van der Waals surface area (Å²) in [6.45, 7) is 0. The first kappa shape index (κ1) is 13.4. The van der Waals surface area contributed by atoms with Crippen molar-refractivity contribution in [2.24, 2.45) is 0 Å². The molecule has 0 atom stereocenters. The maximum atomic E-state index is 11.4. The van der Waals surface area contributed by atoms with E-state index in [1.165, 1.54) is 18.1 Å². The molecule has 3 heterocycles. The lowest BCUT2D eigenvalue weighted by molar-refractivity contribution is 0.530. The summed E-state index contributed by atoms with van der Waals surface area (Å²) in [6.07, 6.45) is 4.83. The number of nitrogens with one attached hydrogen (secondary N) is 2. The first-order valence-corrected chi connectivity index (χ1v) is 7.22. The van der Waals surface area contributed by atoms with E-state index in [1.807, 2.05) is 30.3 Å². The number of nitrogens with zero attached hydrogens (tertiary/aromatic N) is 2. The van der Waals surface area contributed by atoms with Gasteiger partial charge in [0.25, 0.3) is 0 Å². The molecule has 3 rings (SSSR count). The minimum atomic E-state index is -0.407. The molecule has 106 valence electrons. The van der Waals surface area contributed by atoms with Crippen LogP contribution in [0, 0.1) is 0 Å². The number of H-pyrrole nitrogens is 1. The van der Waals surface area contributed by atoms with E-state index in [9.17, 15) is 4.79 Å². The normalized spacial score (nSPS) is 10.5. The van der Waals surface area contributed by atoms with Crippen LogP contribution >= 0.6 is 11.9 Å². The van der Waals surface area contributed by atoms with E-state index in [-0.39, 0.29) is 0 Å². The van der Waals surface area contributed by atoms with Gasteiger partial charge in [0, 0.05) is 12.4 Å². The molecule has 3 aromatic rings. The largest absolute Gasteiger partial charge is 0.468 e. The second-order valence-electron chi connectivity index (χ2n) is 4.16. The minimum Gasteiger partial charge on any atom is -0.468 e. The standard InChI is InChI=1S/C14H12N4O2S/c19-14-16-8-11(12-5-1-2-6-15-12)13(17-14)18-21-9-10-4-3-7-20-10/h1-8H,9H2,(H2,16,17,18,19). The second kappa shape index (κ2) is 6.27. The van der Waals surface area contributed by atoms with Gasteiger partial charge in [-0.05, 0) is 36.2 Å². The van der Waals surface area contributed by atoms with Crippen LogP contribution < -0.4 is 10.4 Å². The fourth-order valence-corrected chi connectivity index (χ4v) is 2.45. The van der Waals surface area contributed by atoms with Crippen LogP contribution in [0.15, 0.2) is 58.2 Å². The summed E-state index contributed by atoms with van der Waals surface area (Å²) < 4.78 is 8.36. The van der Waals surface area contributed by atoms with Gasteiger partial charge in [0.15, 0.2) is 0 Å². The monoisotopic (exact) mass is 300 g/mol. The topological polar surface area (TPSA) is 83.8 Å². The fraction of sp³-hybridized carbons (Fsp3) is 0.0714. The van der Waals surface area contributed by atoms with E-state index >= 15 is 0 Å². The van der Waals surface area contributed by atoms with E-state index in [0.29, 0.717) is 11.6 Å². The van der Waals surface area contributed by atoms with E-state index in [4.69, 9.17) is 4.42 Å². The molecule has 0 aliphatic heterocycles. The molecule has 7 heteroatoms. The lowest BCUT2D eigenvalue weighted by Crippen LogP contribution is -2.12. The number of furan rings is 1. The van der Waals surface area contributed by atoms with Crippen molar-refractivity contribution < 1.29 is 4.42 Å². The Bertz CT molecular complexity index is 756. The van der Waals surface area contributed by atoms with Crippen LogP contribution in [0.1, 0.15) is 5.76 Å². The predicted molar refractivity (Wildman–Crippen MR) is 81.7 cm³/mol. The molecule has 0 spiro atoms. The molecule has 0 radical (unpaired) electrons. The molecule has 3 aromatic heterocycles. The van der Waals surface area contributed by atoms with E-state index in [0.717, 1.165) is 17.0 Å². The van der Waals surface area contributed by atoms with Crippen molar-refractivity contribution in [2.75, 3.05) is 4.72 Å². The molecule has 0 saturated heterocycles. The van der Waals surface area contributed by atoms with Gasteiger partial charge in [-0.25, -0.2) is 9.78 Å². The number of aromatic nitrogens is 3. The highest BCUT2D eigenvalue weighted by Gasteiger charge is 2.08. The molecule has 0 aliphatic carbocycles. The molecule has 0 aromatic carbocycles. The Labute approximate surface area is 124 Å². The van der Waals surface area contributed by atoms with Crippen LogP contribution in [0.5, 0.6) is 0 Å². The maximum absolute atomic E-state index is 11.4. The highest BCUT2D eigenvalue weighted by atomic mass is 32.2. The lowest BCUT2D eigenvalue weighted by Gasteiger charge is -2.09. The zero-order valence-corrected chi connectivity index (χ0v) is 11.8. The third-order valence-corrected chi connectivity index (χ3v) is 3.50. The molecule has 21 heavy (non-hydrogen) atoms. The summed E-state index contributed by atoms with van der Waals surface area (Å²) in [5.41, 5.74) is 1.07. The molecule has 0 saturated carbocycles. The van der Waals surface area contributed by atoms with Gasteiger partial charge in [0.2, 0.25) is 0 Å². The quantitative estimate of drug-likeness (QED) is 0.705.